The Balaban J connectivity index is 3.04. The molecule has 0 saturated heterocycles. The van der Waals surface area contributed by atoms with E-state index >= 15 is 0 Å². The molecule has 0 aliphatic heterocycles. The fraction of sp³-hybridized carbons (Fsp3) is 0.455. The van der Waals surface area contributed by atoms with E-state index in [1.807, 2.05) is 0 Å². The largest absolute Gasteiger partial charge is 0.431 e. The maximum atomic E-state index is 13.3. The Morgan fingerprint density at radius 2 is 1.26 bits per heavy atom. The lowest BCUT2D eigenvalue weighted by atomic mass is 9.93. The summed E-state index contributed by atoms with van der Waals surface area (Å²) in [6, 6.07) is 6.28. The third kappa shape index (κ3) is 3.17. The van der Waals surface area contributed by atoms with Crippen molar-refractivity contribution >= 4 is 0 Å². The van der Waals surface area contributed by atoms with Crippen molar-refractivity contribution in [3.8, 4) is 0 Å². The van der Waals surface area contributed by atoms with Gasteiger partial charge in [0.05, 0.1) is 6.10 Å². The molecule has 0 amide bonds. The fourth-order valence-corrected chi connectivity index (χ4v) is 1.45. The Morgan fingerprint density at radius 1 is 0.842 bits per heavy atom. The van der Waals surface area contributed by atoms with Gasteiger partial charge in [-0.1, -0.05) is 30.3 Å². The van der Waals surface area contributed by atoms with E-state index < -0.39 is 30.5 Å². The van der Waals surface area contributed by atoms with E-state index in [0.29, 0.717) is 0 Å². The standard InChI is InChI=1S/C11H9F7O/c12-9(10(13,14)15,11(16,17)18)6-8(19)7-4-2-1-3-5-7/h1-5,8,19H,6H2. The van der Waals surface area contributed by atoms with Crippen molar-refractivity contribution in [1.82, 2.24) is 0 Å². The minimum atomic E-state index is -6.15. The zero-order valence-corrected chi connectivity index (χ0v) is 9.26. The Bertz CT molecular complexity index is 395. The molecule has 0 saturated carbocycles. The van der Waals surface area contributed by atoms with Crippen molar-refractivity contribution in [3.05, 3.63) is 35.9 Å². The Morgan fingerprint density at radius 3 is 1.63 bits per heavy atom. The van der Waals surface area contributed by atoms with Gasteiger partial charge in [0.25, 0.3) is 0 Å². The summed E-state index contributed by atoms with van der Waals surface area (Å²) in [5.41, 5.74) is -5.67. The van der Waals surface area contributed by atoms with Gasteiger partial charge in [0, 0.05) is 6.42 Å². The molecule has 108 valence electrons. The third-order valence-corrected chi connectivity index (χ3v) is 2.56. The molecule has 0 aromatic heterocycles. The maximum Gasteiger partial charge on any atom is 0.431 e. The lowest BCUT2D eigenvalue weighted by Crippen LogP contribution is -2.54. The molecular weight excluding hydrogens is 281 g/mol. The molecule has 1 unspecified atom stereocenters. The van der Waals surface area contributed by atoms with E-state index in [1.165, 1.54) is 18.2 Å². The van der Waals surface area contributed by atoms with Crippen molar-refractivity contribution < 1.29 is 35.8 Å². The molecule has 0 aliphatic carbocycles. The molecule has 1 aromatic rings. The second kappa shape index (κ2) is 4.99. The summed E-state index contributed by atoms with van der Waals surface area (Å²) in [6.07, 6.45) is -16.7. The van der Waals surface area contributed by atoms with Crippen LogP contribution in [-0.4, -0.2) is 23.1 Å². The summed E-state index contributed by atoms with van der Waals surface area (Å²) in [7, 11) is 0. The van der Waals surface area contributed by atoms with Crippen LogP contribution in [0.5, 0.6) is 0 Å². The highest BCUT2D eigenvalue weighted by Gasteiger charge is 2.72. The quantitative estimate of drug-likeness (QED) is 0.836. The van der Waals surface area contributed by atoms with E-state index in [-0.39, 0.29) is 5.56 Å². The summed E-state index contributed by atoms with van der Waals surface area (Å²) in [5, 5.41) is 9.34. The van der Waals surface area contributed by atoms with E-state index in [2.05, 4.69) is 0 Å². The van der Waals surface area contributed by atoms with E-state index in [0.717, 1.165) is 12.1 Å². The molecule has 1 atom stereocenters. The van der Waals surface area contributed by atoms with E-state index in [4.69, 9.17) is 0 Å². The van der Waals surface area contributed by atoms with E-state index in [1.54, 1.807) is 0 Å². The number of halogens is 7. The summed E-state index contributed by atoms with van der Waals surface area (Å²) in [6.45, 7) is 0. The molecule has 0 radical (unpaired) electrons. The van der Waals surface area contributed by atoms with Crippen molar-refractivity contribution in [3.63, 3.8) is 0 Å². The summed E-state index contributed by atoms with van der Waals surface area (Å²) in [5.74, 6) is 0. The molecule has 1 rings (SSSR count). The maximum absolute atomic E-state index is 13.3. The van der Waals surface area contributed by atoms with Crippen LogP contribution in [-0.2, 0) is 0 Å². The molecule has 19 heavy (non-hydrogen) atoms. The van der Waals surface area contributed by atoms with Crippen LogP contribution in [0.2, 0.25) is 0 Å². The van der Waals surface area contributed by atoms with Gasteiger partial charge in [0.1, 0.15) is 0 Å². The highest BCUT2D eigenvalue weighted by atomic mass is 19.4. The summed E-state index contributed by atoms with van der Waals surface area (Å²) < 4.78 is 87.0. The Labute approximate surface area is 103 Å². The van der Waals surface area contributed by atoms with E-state index in [9.17, 15) is 35.8 Å². The summed E-state index contributed by atoms with van der Waals surface area (Å²) >= 11 is 0. The monoisotopic (exact) mass is 290 g/mol. The van der Waals surface area contributed by atoms with Gasteiger partial charge in [-0.15, -0.1) is 0 Å². The zero-order chi connectivity index (χ0) is 14.9. The first-order chi connectivity index (χ1) is 8.49. The van der Waals surface area contributed by atoms with Crippen LogP contribution in [0.4, 0.5) is 30.7 Å². The number of hydrogen-bond acceptors (Lipinski definition) is 1. The number of rotatable bonds is 3. The molecule has 0 fully saturated rings. The lowest BCUT2D eigenvalue weighted by molar-refractivity contribution is -0.347. The number of aliphatic hydroxyl groups is 1. The molecule has 0 spiro atoms. The topological polar surface area (TPSA) is 20.2 Å². The number of hydrogen-bond donors (Lipinski definition) is 1. The van der Waals surface area contributed by atoms with Gasteiger partial charge >= 0.3 is 18.0 Å². The SMILES string of the molecule is OC(CC(F)(C(F)(F)F)C(F)(F)F)c1ccccc1. The number of benzene rings is 1. The molecule has 0 bridgehead atoms. The van der Waals surface area contributed by atoms with Crippen LogP contribution < -0.4 is 0 Å². The predicted molar refractivity (Wildman–Crippen MR) is 52.0 cm³/mol. The van der Waals surface area contributed by atoms with Gasteiger partial charge in [-0.3, -0.25) is 0 Å². The number of aliphatic hydroxyl groups excluding tert-OH is 1. The first kappa shape index (κ1) is 15.7. The van der Waals surface area contributed by atoms with Crippen LogP contribution in [0, 0.1) is 0 Å². The molecular formula is C11H9F7O. The molecule has 1 N–H and O–H groups in total. The predicted octanol–water partition coefficient (Wildman–Crippen LogP) is 3.94. The first-order valence-electron chi connectivity index (χ1n) is 5.04. The first-order valence-corrected chi connectivity index (χ1v) is 5.04. The van der Waals surface area contributed by atoms with Gasteiger partial charge < -0.3 is 5.11 Å². The van der Waals surface area contributed by atoms with Crippen LogP contribution in [0.3, 0.4) is 0 Å². The third-order valence-electron chi connectivity index (χ3n) is 2.56. The summed E-state index contributed by atoms with van der Waals surface area (Å²) in [4.78, 5) is 0. The molecule has 0 aliphatic rings. The van der Waals surface area contributed by atoms with Crippen LogP contribution in [0.1, 0.15) is 18.1 Å². The van der Waals surface area contributed by atoms with Gasteiger partial charge in [0.2, 0.25) is 0 Å². The fourth-order valence-electron chi connectivity index (χ4n) is 1.45. The smallest absolute Gasteiger partial charge is 0.388 e. The van der Waals surface area contributed by atoms with Gasteiger partial charge in [-0.05, 0) is 5.56 Å². The van der Waals surface area contributed by atoms with Gasteiger partial charge in [-0.2, -0.15) is 26.3 Å². The Kier molecular flexibility index (Phi) is 4.14. The zero-order valence-electron chi connectivity index (χ0n) is 9.26. The molecule has 8 heteroatoms. The minimum absolute atomic E-state index is 0.224. The minimum Gasteiger partial charge on any atom is -0.388 e. The highest BCUT2D eigenvalue weighted by Crippen LogP contribution is 2.50. The highest BCUT2D eigenvalue weighted by molar-refractivity contribution is 5.18. The van der Waals surface area contributed by atoms with Crippen molar-refractivity contribution in [1.29, 1.82) is 0 Å². The molecule has 0 heterocycles. The number of alkyl halides is 7. The Hall–Kier alpha value is -1.31. The molecule has 1 aromatic carbocycles. The van der Waals surface area contributed by atoms with Gasteiger partial charge in [0.15, 0.2) is 0 Å². The average Bonchev–Trinajstić information content (AvgIpc) is 2.27. The van der Waals surface area contributed by atoms with Crippen LogP contribution in [0.25, 0.3) is 0 Å². The van der Waals surface area contributed by atoms with Gasteiger partial charge in [-0.25, -0.2) is 4.39 Å². The van der Waals surface area contributed by atoms with Crippen LogP contribution >= 0.6 is 0 Å². The second-order valence-electron chi connectivity index (χ2n) is 3.93. The van der Waals surface area contributed by atoms with Crippen LogP contribution in [0.15, 0.2) is 30.3 Å². The second-order valence-corrected chi connectivity index (χ2v) is 3.93. The van der Waals surface area contributed by atoms with Crippen molar-refractivity contribution in [2.24, 2.45) is 0 Å². The normalized spacial score (nSPS) is 15.4. The van der Waals surface area contributed by atoms with Crippen molar-refractivity contribution in [2.75, 3.05) is 0 Å². The molecule has 1 nitrogen and oxygen atoms in total. The lowest BCUT2D eigenvalue weighted by Gasteiger charge is -2.31. The van der Waals surface area contributed by atoms with Crippen molar-refractivity contribution in [2.45, 2.75) is 30.5 Å². The average molecular weight is 290 g/mol.